The van der Waals surface area contributed by atoms with E-state index in [1.165, 1.54) is 12.1 Å². The molecule has 0 aliphatic carbocycles. The predicted octanol–water partition coefficient (Wildman–Crippen LogP) is 4.00. The van der Waals surface area contributed by atoms with E-state index in [1.807, 2.05) is 0 Å². The number of hydrogen-bond acceptors (Lipinski definition) is 7. The number of aliphatic hydroxyl groups is 1. The van der Waals surface area contributed by atoms with E-state index in [1.54, 1.807) is 12.1 Å². The molecule has 0 aromatic heterocycles. The van der Waals surface area contributed by atoms with Crippen LogP contribution in [0.25, 0.3) is 0 Å². The number of ether oxygens (including phenoxy) is 1. The summed E-state index contributed by atoms with van der Waals surface area (Å²) in [6, 6.07) is 6.89. The quantitative estimate of drug-likeness (QED) is 0.355. The summed E-state index contributed by atoms with van der Waals surface area (Å²) in [5, 5.41) is 23.2. The van der Waals surface area contributed by atoms with Gasteiger partial charge in [0.1, 0.15) is 27.9 Å². The van der Waals surface area contributed by atoms with Crippen molar-refractivity contribution in [2.24, 2.45) is 0 Å². The number of imide groups is 1. The first-order chi connectivity index (χ1) is 14.2. The molecule has 30 heavy (non-hydrogen) atoms. The minimum absolute atomic E-state index is 0.00137. The number of nitrogens with zero attached hydrogens (tertiary/aromatic N) is 2. The lowest BCUT2D eigenvalue weighted by molar-refractivity contribution is -0.383. The maximum Gasteiger partial charge on any atom is 0.294 e. The minimum atomic E-state index is -0.737. The topological polar surface area (TPSA) is 122 Å². The number of anilines is 1. The van der Waals surface area contributed by atoms with E-state index >= 15 is 0 Å². The van der Waals surface area contributed by atoms with Gasteiger partial charge in [-0.15, -0.1) is 0 Å². The van der Waals surface area contributed by atoms with Crippen molar-refractivity contribution in [2.75, 3.05) is 18.5 Å². The van der Waals surface area contributed by atoms with Gasteiger partial charge < -0.3 is 15.2 Å². The largest absolute Gasteiger partial charge is 0.454 e. The highest BCUT2D eigenvalue weighted by atomic mass is 35.5. The van der Waals surface area contributed by atoms with E-state index in [2.05, 4.69) is 5.32 Å². The number of amides is 2. The molecule has 0 atom stereocenters. The molecule has 0 bridgehead atoms. The summed E-state index contributed by atoms with van der Waals surface area (Å²) in [5.74, 6) is -1.24. The van der Waals surface area contributed by atoms with Gasteiger partial charge in [0, 0.05) is 18.2 Å². The van der Waals surface area contributed by atoms with E-state index in [0.29, 0.717) is 0 Å². The molecule has 2 aromatic carbocycles. The van der Waals surface area contributed by atoms with E-state index in [-0.39, 0.29) is 44.5 Å². The van der Waals surface area contributed by atoms with E-state index in [4.69, 9.17) is 44.6 Å². The zero-order valence-electron chi connectivity index (χ0n) is 14.9. The van der Waals surface area contributed by atoms with Crippen molar-refractivity contribution in [3.63, 3.8) is 0 Å². The number of hydrogen-bond donors (Lipinski definition) is 2. The van der Waals surface area contributed by atoms with Crippen LogP contribution in [-0.2, 0) is 9.59 Å². The number of aliphatic hydroxyl groups excluding tert-OH is 1. The highest BCUT2D eigenvalue weighted by Gasteiger charge is 2.32. The van der Waals surface area contributed by atoms with Gasteiger partial charge in [-0.2, -0.15) is 0 Å². The van der Waals surface area contributed by atoms with Gasteiger partial charge in [-0.25, -0.2) is 0 Å². The van der Waals surface area contributed by atoms with Crippen LogP contribution in [0.15, 0.2) is 42.1 Å². The van der Waals surface area contributed by atoms with Gasteiger partial charge in [0.25, 0.3) is 17.5 Å². The Morgan fingerprint density at radius 3 is 2.53 bits per heavy atom. The number of benzene rings is 2. The van der Waals surface area contributed by atoms with Crippen LogP contribution in [-0.4, -0.2) is 39.9 Å². The summed E-state index contributed by atoms with van der Waals surface area (Å²) in [6.45, 7) is -0.623. The maximum absolute atomic E-state index is 12.3. The minimum Gasteiger partial charge on any atom is -0.454 e. The Morgan fingerprint density at radius 2 is 1.87 bits per heavy atom. The molecule has 12 heteroatoms. The molecule has 2 aromatic rings. The predicted molar refractivity (Wildman–Crippen MR) is 110 cm³/mol. The number of nitro groups is 1. The van der Waals surface area contributed by atoms with Crippen molar-refractivity contribution >= 4 is 58.0 Å². The average Bonchev–Trinajstić information content (AvgIpc) is 2.95. The first-order valence-electron chi connectivity index (χ1n) is 8.28. The van der Waals surface area contributed by atoms with Crippen LogP contribution in [0, 0.1) is 10.1 Å². The zero-order valence-corrected chi connectivity index (χ0v) is 17.2. The smallest absolute Gasteiger partial charge is 0.294 e. The fourth-order valence-corrected chi connectivity index (χ4v) is 3.14. The number of carbonyl (C=O) groups excluding carboxylic acids is 2. The molecule has 9 nitrogen and oxygen atoms in total. The van der Waals surface area contributed by atoms with Gasteiger partial charge in [0.15, 0.2) is 0 Å². The third-order valence-corrected chi connectivity index (χ3v) is 5.08. The molecule has 1 aliphatic heterocycles. The first kappa shape index (κ1) is 21.8. The SMILES string of the molecule is O=C1C=C(Nc2cc(Oc3cccc(Cl)c3Cl)c(Cl)cc2[N+](=O)[O-])C(=O)N1CCO. The second-order valence-corrected chi connectivity index (χ2v) is 7.10. The number of halogens is 3. The summed E-state index contributed by atoms with van der Waals surface area (Å²) in [6.07, 6.45) is 0.977. The normalized spacial score (nSPS) is 13.5. The van der Waals surface area contributed by atoms with Gasteiger partial charge in [-0.05, 0) is 12.1 Å². The van der Waals surface area contributed by atoms with E-state index < -0.39 is 29.0 Å². The van der Waals surface area contributed by atoms with Gasteiger partial charge in [0.05, 0.1) is 28.1 Å². The fourth-order valence-electron chi connectivity index (χ4n) is 2.61. The highest BCUT2D eigenvalue weighted by Crippen LogP contribution is 2.41. The van der Waals surface area contributed by atoms with Crippen molar-refractivity contribution in [3.8, 4) is 11.5 Å². The van der Waals surface area contributed by atoms with Crippen LogP contribution < -0.4 is 10.1 Å². The highest BCUT2D eigenvalue weighted by molar-refractivity contribution is 6.43. The Balaban J connectivity index is 1.98. The Hall–Kier alpha value is -2.85. The summed E-state index contributed by atoms with van der Waals surface area (Å²) >= 11 is 18.2. The third kappa shape index (κ3) is 4.34. The fraction of sp³-hybridized carbons (Fsp3) is 0.111. The summed E-state index contributed by atoms with van der Waals surface area (Å²) < 4.78 is 5.64. The third-order valence-electron chi connectivity index (χ3n) is 3.99. The van der Waals surface area contributed by atoms with Crippen molar-refractivity contribution in [2.45, 2.75) is 0 Å². The molecule has 0 radical (unpaired) electrons. The summed E-state index contributed by atoms with van der Waals surface area (Å²) in [7, 11) is 0. The molecule has 0 spiro atoms. The average molecular weight is 473 g/mol. The molecule has 3 rings (SSSR count). The number of rotatable bonds is 7. The van der Waals surface area contributed by atoms with Crippen LogP contribution in [0.5, 0.6) is 11.5 Å². The van der Waals surface area contributed by atoms with E-state index in [9.17, 15) is 19.7 Å². The molecule has 0 saturated carbocycles. The van der Waals surface area contributed by atoms with Crippen molar-refractivity contribution in [1.82, 2.24) is 4.90 Å². The Morgan fingerprint density at radius 1 is 1.13 bits per heavy atom. The number of β-amino-alcohol motifs (C(OH)–C–C–N with tert-alkyl or cyclic N) is 1. The second-order valence-electron chi connectivity index (χ2n) is 5.91. The number of nitrogens with one attached hydrogen (secondary N) is 1. The lowest BCUT2D eigenvalue weighted by Gasteiger charge is -2.15. The van der Waals surface area contributed by atoms with Crippen LogP contribution >= 0.6 is 34.8 Å². The monoisotopic (exact) mass is 471 g/mol. The molecule has 2 N–H and O–H groups in total. The Kier molecular flexibility index (Phi) is 6.47. The van der Waals surface area contributed by atoms with E-state index in [0.717, 1.165) is 17.0 Å². The second kappa shape index (κ2) is 8.88. The maximum atomic E-state index is 12.3. The molecule has 0 unspecified atom stereocenters. The molecular formula is C18H12Cl3N3O6. The Bertz CT molecular complexity index is 1090. The molecule has 2 amide bonds. The first-order valence-corrected chi connectivity index (χ1v) is 9.41. The van der Waals surface area contributed by atoms with Crippen molar-refractivity contribution in [1.29, 1.82) is 0 Å². The molecule has 1 heterocycles. The van der Waals surface area contributed by atoms with Gasteiger partial charge >= 0.3 is 0 Å². The van der Waals surface area contributed by atoms with Gasteiger partial charge in [-0.1, -0.05) is 40.9 Å². The molecular weight excluding hydrogens is 461 g/mol. The number of nitro benzene ring substituents is 1. The molecule has 156 valence electrons. The van der Waals surface area contributed by atoms with Crippen LogP contribution in [0.1, 0.15) is 0 Å². The zero-order chi connectivity index (χ0) is 22.0. The van der Waals surface area contributed by atoms with Crippen molar-refractivity contribution in [3.05, 3.63) is 67.3 Å². The summed E-state index contributed by atoms with van der Waals surface area (Å²) in [5.41, 5.74) is -0.798. The molecule has 1 aliphatic rings. The lowest BCUT2D eigenvalue weighted by atomic mass is 10.2. The Labute approximate surface area is 184 Å². The van der Waals surface area contributed by atoms with Gasteiger partial charge in [0.2, 0.25) is 0 Å². The van der Waals surface area contributed by atoms with Crippen molar-refractivity contribution < 1.29 is 24.4 Å². The lowest BCUT2D eigenvalue weighted by Crippen LogP contribution is -2.34. The number of carbonyl (C=O) groups is 2. The molecule has 0 saturated heterocycles. The molecule has 0 fully saturated rings. The summed E-state index contributed by atoms with van der Waals surface area (Å²) in [4.78, 5) is 35.7. The van der Waals surface area contributed by atoms with Crippen LogP contribution in [0.4, 0.5) is 11.4 Å². The van der Waals surface area contributed by atoms with Crippen LogP contribution in [0.3, 0.4) is 0 Å². The van der Waals surface area contributed by atoms with Gasteiger partial charge in [-0.3, -0.25) is 24.6 Å². The van der Waals surface area contributed by atoms with Crippen LogP contribution in [0.2, 0.25) is 15.1 Å². The standard InChI is InChI=1S/C18H12Cl3N3O6/c19-9-2-1-3-14(17(9)21)30-15-7-11(13(24(28)29)6-10(15)20)22-12-8-16(26)23(4-5-25)18(12)27/h1-3,6-8,22,25H,4-5H2.